The molecule has 0 aliphatic carbocycles. The van der Waals surface area contributed by atoms with Crippen LogP contribution in [-0.4, -0.2) is 13.2 Å². The van der Waals surface area contributed by atoms with Crippen molar-refractivity contribution in [3.63, 3.8) is 0 Å². The number of phosphoric ester groups is 1. The predicted molar refractivity (Wildman–Crippen MR) is 90.9 cm³/mol. The minimum absolute atomic E-state index is 0.170. The molecular formula is C16H20FO8P2-3. The third-order valence-electron chi connectivity index (χ3n) is 3.19. The lowest BCUT2D eigenvalue weighted by atomic mass is 10.1. The molecule has 27 heavy (non-hydrogen) atoms. The number of allylic oxidation sites excluding steroid dienone is 2. The van der Waals surface area contributed by atoms with E-state index in [4.69, 9.17) is 4.74 Å². The van der Waals surface area contributed by atoms with E-state index in [9.17, 15) is 28.2 Å². The Labute approximate surface area is 157 Å². The molecule has 0 radical (unpaired) electrons. The van der Waals surface area contributed by atoms with E-state index in [1.165, 1.54) is 18.2 Å². The molecule has 0 spiro atoms. The van der Waals surface area contributed by atoms with Crippen LogP contribution in [0.25, 0.3) is 0 Å². The van der Waals surface area contributed by atoms with Crippen molar-refractivity contribution in [2.45, 2.75) is 26.7 Å². The number of ether oxygens (including phenoxy) is 1. The van der Waals surface area contributed by atoms with Gasteiger partial charge in [0, 0.05) is 0 Å². The molecule has 0 aliphatic heterocycles. The fourth-order valence-electron chi connectivity index (χ4n) is 1.88. The first-order valence-electron chi connectivity index (χ1n) is 7.86. The van der Waals surface area contributed by atoms with Crippen molar-refractivity contribution in [3.05, 3.63) is 53.4 Å². The number of benzene rings is 1. The Hall–Kier alpha value is -1.31. The topological polar surface area (TPSA) is 131 Å². The first-order chi connectivity index (χ1) is 12.5. The maximum atomic E-state index is 13.4. The molecule has 0 saturated heterocycles. The molecule has 8 nitrogen and oxygen atoms in total. The summed E-state index contributed by atoms with van der Waals surface area (Å²) >= 11 is 0. The van der Waals surface area contributed by atoms with E-state index in [1.54, 1.807) is 19.1 Å². The summed E-state index contributed by atoms with van der Waals surface area (Å²) < 4.78 is 47.7. The van der Waals surface area contributed by atoms with E-state index in [-0.39, 0.29) is 12.4 Å². The highest BCUT2D eigenvalue weighted by Gasteiger charge is 2.10. The third-order valence-corrected chi connectivity index (χ3v) is 5.25. The molecule has 1 aromatic rings. The van der Waals surface area contributed by atoms with Gasteiger partial charge in [-0.05, 0) is 44.4 Å². The van der Waals surface area contributed by atoms with Crippen molar-refractivity contribution in [3.8, 4) is 5.75 Å². The van der Waals surface area contributed by atoms with Crippen molar-refractivity contribution >= 4 is 15.6 Å². The highest BCUT2D eigenvalue weighted by molar-refractivity contribution is 7.58. The number of hydrogen-bond donors (Lipinski definition) is 0. The van der Waals surface area contributed by atoms with Crippen LogP contribution in [0.1, 0.15) is 26.7 Å². The van der Waals surface area contributed by atoms with Crippen molar-refractivity contribution in [2.75, 3.05) is 13.2 Å². The average molecular weight is 421 g/mol. The lowest BCUT2D eigenvalue weighted by Gasteiger charge is -2.34. The van der Waals surface area contributed by atoms with Gasteiger partial charge in [-0.2, -0.15) is 0 Å². The molecule has 0 aliphatic rings. The molecule has 152 valence electrons. The van der Waals surface area contributed by atoms with Crippen molar-refractivity contribution in [1.82, 2.24) is 0 Å². The van der Waals surface area contributed by atoms with Gasteiger partial charge in [0.05, 0.1) is 14.4 Å². The Kier molecular flexibility index (Phi) is 9.56. The Morgan fingerprint density at radius 2 is 1.78 bits per heavy atom. The third kappa shape index (κ3) is 11.2. The summed E-state index contributed by atoms with van der Waals surface area (Å²) in [6, 6.07) is 6.09. The van der Waals surface area contributed by atoms with Crippen LogP contribution in [0.5, 0.6) is 5.75 Å². The summed E-state index contributed by atoms with van der Waals surface area (Å²) in [6.45, 7) is 3.34. The normalized spacial score (nSPS) is 15.5. The Bertz CT molecular complexity index is 771. The smallest absolute Gasteiger partial charge is 0.272 e. The van der Waals surface area contributed by atoms with E-state index in [0.717, 1.165) is 11.1 Å². The van der Waals surface area contributed by atoms with Gasteiger partial charge in [0.15, 0.2) is 11.6 Å². The lowest BCUT2D eigenvalue weighted by Crippen LogP contribution is -2.19. The van der Waals surface area contributed by atoms with Gasteiger partial charge < -0.3 is 28.5 Å². The number of halogens is 1. The molecule has 0 heterocycles. The minimum Gasteiger partial charge on any atom is -0.790 e. The Morgan fingerprint density at radius 1 is 1.11 bits per heavy atom. The molecule has 0 aromatic heterocycles. The van der Waals surface area contributed by atoms with Gasteiger partial charge in [-0.15, -0.1) is 0 Å². The van der Waals surface area contributed by atoms with E-state index in [0.29, 0.717) is 12.8 Å². The second kappa shape index (κ2) is 10.9. The van der Waals surface area contributed by atoms with Gasteiger partial charge in [-0.1, -0.05) is 29.9 Å². The molecule has 0 amide bonds. The summed E-state index contributed by atoms with van der Waals surface area (Å²) in [5, 5.41) is 0. The molecule has 0 saturated carbocycles. The van der Waals surface area contributed by atoms with Crippen LogP contribution in [0, 0.1) is 5.82 Å². The highest BCUT2D eigenvalue weighted by atomic mass is 31.3. The molecular weight excluding hydrogens is 401 g/mol. The quantitative estimate of drug-likeness (QED) is 0.393. The largest absolute Gasteiger partial charge is 0.790 e. The van der Waals surface area contributed by atoms with Crippen molar-refractivity contribution < 1.29 is 41.8 Å². The number of para-hydroxylation sites is 1. The van der Waals surface area contributed by atoms with Crippen LogP contribution < -0.4 is 19.4 Å². The molecule has 1 unspecified atom stereocenters. The van der Waals surface area contributed by atoms with E-state index >= 15 is 0 Å². The van der Waals surface area contributed by atoms with Crippen LogP contribution in [-0.2, 0) is 18.0 Å². The summed E-state index contributed by atoms with van der Waals surface area (Å²) in [6.07, 6.45) is 4.52. The SMILES string of the molecule is C/C(=C\COP(=O)([O-])OP(=O)([O-])[O-])CC/C=C(\C)COc1ccccc1F. The average Bonchev–Trinajstić information content (AvgIpc) is 2.51. The zero-order valence-electron chi connectivity index (χ0n) is 14.8. The molecule has 0 fully saturated rings. The second-order valence-corrected chi connectivity index (χ2v) is 8.33. The molecule has 1 aromatic carbocycles. The lowest BCUT2D eigenvalue weighted by molar-refractivity contribution is -0.339. The van der Waals surface area contributed by atoms with Gasteiger partial charge in [0.1, 0.15) is 6.61 Å². The maximum absolute atomic E-state index is 13.4. The number of rotatable bonds is 11. The summed E-state index contributed by atoms with van der Waals surface area (Å²) in [5.74, 6) is -0.266. The van der Waals surface area contributed by atoms with Crippen molar-refractivity contribution in [2.24, 2.45) is 0 Å². The maximum Gasteiger partial charge on any atom is 0.272 e. The predicted octanol–water partition coefficient (Wildman–Crippen LogP) is 2.21. The van der Waals surface area contributed by atoms with E-state index < -0.39 is 28.1 Å². The molecule has 0 N–H and O–H groups in total. The summed E-state index contributed by atoms with van der Waals surface area (Å²) in [5.41, 5.74) is 1.67. The molecule has 1 rings (SSSR count). The van der Waals surface area contributed by atoms with Gasteiger partial charge in [0.2, 0.25) is 0 Å². The summed E-state index contributed by atoms with van der Waals surface area (Å²) in [4.78, 5) is 31.6. The number of phosphoric acid groups is 2. The zero-order chi connectivity index (χ0) is 20.5. The first-order valence-corrected chi connectivity index (χ1v) is 10.8. The highest BCUT2D eigenvalue weighted by Crippen LogP contribution is 2.50. The standard InChI is InChI=1S/C16H23FO8P2/c1-13(10-11-24-27(21,22)25-26(18,19)20)6-5-7-14(2)12-23-16-9-4-3-8-15(16)17/h3-4,7-10H,5-6,11-12H2,1-2H3,(H,21,22)(H2,18,19,20)/p-3/b13-10+,14-7+. The zero-order valence-corrected chi connectivity index (χ0v) is 16.6. The van der Waals surface area contributed by atoms with Crippen LogP contribution in [0.2, 0.25) is 0 Å². The summed E-state index contributed by atoms with van der Waals surface area (Å²) in [7, 11) is -10.9. The first kappa shape index (κ1) is 23.7. The van der Waals surface area contributed by atoms with Crippen LogP contribution >= 0.6 is 15.6 Å². The van der Waals surface area contributed by atoms with Gasteiger partial charge in [0.25, 0.3) is 7.82 Å². The van der Waals surface area contributed by atoms with E-state index in [2.05, 4.69) is 8.83 Å². The van der Waals surface area contributed by atoms with Gasteiger partial charge in [-0.25, -0.2) is 4.39 Å². The second-order valence-electron chi connectivity index (χ2n) is 5.63. The van der Waals surface area contributed by atoms with Crippen LogP contribution in [0.4, 0.5) is 4.39 Å². The van der Waals surface area contributed by atoms with Crippen LogP contribution in [0.15, 0.2) is 47.6 Å². The Morgan fingerprint density at radius 3 is 2.41 bits per heavy atom. The molecule has 11 heteroatoms. The Balaban J connectivity index is 2.36. The fraction of sp³-hybridized carbons (Fsp3) is 0.375. The monoisotopic (exact) mass is 421 g/mol. The van der Waals surface area contributed by atoms with Gasteiger partial charge in [-0.3, -0.25) is 8.88 Å². The molecule has 0 bridgehead atoms. The van der Waals surface area contributed by atoms with E-state index in [1.807, 2.05) is 13.0 Å². The van der Waals surface area contributed by atoms with Crippen molar-refractivity contribution in [1.29, 1.82) is 0 Å². The van der Waals surface area contributed by atoms with Gasteiger partial charge >= 0.3 is 0 Å². The number of hydrogen-bond acceptors (Lipinski definition) is 8. The fourth-order valence-corrected chi connectivity index (χ4v) is 3.30. The van der Waals surface area contributed by atoms with Crippen LogP contribution in [0.3, 0.4) is 0 Å². The molecule has 1 atom stereocenters. The minimum atomic E-state index is -5.68.